The molecule has 170 valence electrons. The number of hydrogen-bond donors (Lipinski definition) is 1. The predicted octanol–water partition coefficient (Wildman–Crippen LogP) is 4.82. The second-order valence-electron chi connectivity index (χ2n) is 7.22. The highest BCUT2D eigenvalue weighted by Gasteiger charge is 2.32. The van der Waals surface area contributed by atoms with Crippen molar-refractivity contribution in [2.45, 2.75) is 31.9 Å². The molecule has 0 aliphatic rings. The topological polar surface area (TPSA) is 66.5 Å². The number of amides is 1. The fourth-order valence-corrected chi connectivity index (χ4v) is 4.22. The molecule has 2 aromatic carbocycles. The van der Waals surface area contributed by atoms with Gasteiger partial charge in [0.15, 0.2) is 0 Å². The van der Waals surface area contributed by atoms with E-state index in [1.54, 1.807) is 0 Å². The van der Waals surface area contributed by atoms with Gasteiger partial charge in [0.05, 0.1) is 22.5 Å². The lowest BCUT2D eigenvalue weighted by Gasteiger charge is -2.24. The minimum Gasteiger partial charge on any atom is -0.356 e. The molecule has 2 aromatic rings. The van der Waals surface area contributed by atoms with E-state index in [0.717, 1.165) is 28.3 Å². The molecule has 1 atom stereocenters. The number of anilines is 1. The van der Waals surface area contributed by atoms with E-state index < -0.39 is 21.8 Å². The van der Waals surface area contributed by atoms with Gasteiger partial charge in [0.25, 0.3) is 0 Å². The number of sulfonamides is 1. The van der Waals surface area contributed by atoms with Crippen LogP contribution in [0, 0.1) is 0 Å². The zero-order valence-corrected chi connectivity index (χ0v) is 18.7. The monoisotopic (exact) mass is 476 g/mol. The van der Waals surface area contributed by atoms with Gasteiger partial charge in [-0.3, -0.25) is 9.10 Å². The Morgan fingerprint density at radius 3 is 2.39 bits per heavy atom. The summed E-state index contributed by atoms with van der Waals surface area (Å²) in [7, 11) is -3.91. The number of halogens is 4. The minimum absolute atomic E-state index is 0.0180. The Morgan fingerprint density at radius 1 is 1.16 bits per heavy atom. The number of nitrogens with one attached hydrogen (secondary N) is 1. The van der Waals surface area contributed by atoms with Crippen molar-refractivity contribution < 1.29 is 26.4 Å². The van der Waals surface area contributed by atoms with Gasteiger partial charge in [0.2, 0.25) is 15.9 Å². The molecule has 0 heterocycles. The summed E-state index contributed by atoms with van der Waals surface area (Å²) in [4.78, 5) is 12.1. The fraction of sp³-hybridized carbons (Fsp3) is 0.381. The molecule has 0 aromatic heterocycles. The summed E-state index contributed by atoms with van der Waals surface area (Å²) in [5.41, 5.74) is -0.199. The van der Waals surface area contributed by atoms with Crippen LogP contribution in [0.15, 0.2) is 48.5 Å². The largest absolute Gasteiger partial charge is 0.416 e. The van der Waals surface area contributed by atoms with Crippen LogP contribution in [0.2, 0.25) is 5.02 Å². The smallest absolute Gasteiger partial charge is 0.356 e. The van der Waals surface area contributed by atoms with E-state index in [2.05, 4.69) is 5.32 Å². The van der Waals surface area contributed by atoms with Crippen LogP contribution in [0.25, 0.3) is 0 Å². The van der Waals surface area contributed by atoms with Crippen molar-refractivity contribution in [3.8, 4) is 0 Å². The Kier molecular flexibility index (Phi) is 8.36. The van der Waals surface area contributed by atoms with E-state index in [0.29, 0.717) is 12.6 Å². The highest BCUT2D eigenvalue weighted by atomic mass is 35.5. The Hall–Kier alpha value is -2.26. The van der Waals surface area contributed by atoms with Gasteiger partial charge in [-0.1, -0.05) is 48.9 Å². The lowest BCUT2D eigenvalue weighted by atomic mass is 10.0. The molecule has 1 unspecified atom stereocenters. The Bertz CT molecular complexity index is 999. The van der Waals surface area contributed by atoms with Crippen LogP contribution in [0.3, 0.4) is 0 Å². The second-order valence-corrected chi connectivity index (χ2v) is 9.53. The maximum absolute atomic E-state index is 13.0. The van der Waals surface area contributed by atoms with Gasteiger partial charge in [-0.25, -0.2) is 8.42 Å². The van der Waals surface area contributed by atoms with Crippen LogP contribution < -0.4 is 9.62 Å². The molecule has 1 N–H and O–H groups in total. The van der Waals surface area contributed by atoms with Gasteiger partial charge < -0.3 is 5.32 Å². The SMILES string of the molecule is CC(CNC(=O)CCCN(c1cc(C(F)(F)F)ccc1Cl)S(C)(=O)=O)c1ccccc1. The van der Waals surface area contributed by atoms with E-state index in [-0.39, 0.29) is 41.9 Å². The molecule has 31 heavy (non-hydrogen) atoms. The van der Waals surface area contributed by atoms with Gasteiger partial charge in [0, 0.05) is 19.5 Å². The van der Waals surface area contributed by atoms with Gasteiger partial charge in [-0.05, 0) is 36.1 Å². The third-order valence-electron chi connectivity index (χ3n) is 4.68. The maximum atomic E-state index is 13.0. The van der Waals surface area contributed by atoms with Crippen LogP contribution >= 0.6 is 11.6 Å². The molecule has 0 spiro atoms. The first-order valence-corrected chi connectivity index (χ1v) is 11.8. The molecule has 0 saturated heterocycles. The summed E-state index contributed by atoms with van der Waals surface area (Å²) in [6.07, 6.45) is -3.63. The summed E-state index contributed by atoms with van der Waals surface area (Å²) in [6.45, 7) is 2.20. The standard InChI is InChI=1S/C21H24ClF3N2O3S/c1-15(16-7-4-3-5-8-16)14-26-20(28)9-6-12-27(31(2,29)30)19-13-17(21(23,24)25)10-11-18(19)22/h3-5,7-8,10-11,13,15H,6,9,12,14H2,1-2H3,(H,26,28). The van der Waals surface area contributed by atoms with Crippen molar-refractivity contribution in [3.63, 3.8) is 0 Å². The summed E-state index contributed by atoms with van der Waals surface area (Å²) >= 11 is 5.98. The van der Waals surface area contributed by atoms with Crippen LogP contribution in [-0.2, 0) is 21.0 Å². The van der Waals surface area contributed by atoms with Gasteiger partial charge in [0.1, 0.15) is 0 Å². The van der Waals surface area contributed by atoms with Crippen molar-refractivity contribution in [1.82, 2.24) is 5.32 Å². The molecule has 0 aliphatic heterocycles. The zero-order valence-electron chi connectivity index (χ0n) is 17.1. The van der Waals surface area contributed by atoms with Crippen molar-refractivity contribution in [3.05, 3.63) is 64.7 Å². The zero-order chi connectivity index (χ0) is 23.2. The summed E-state index contributed by atoms with van der Waals surface area (Å²) in [6, 6.07) is 12.1. The van der Waals surface area contributed by atoms with E-state index in [1.165, 1.54) is 0 Å². The first-order chi connectivity index (χ1) is 14.4. The molecule has 1 amide bonds. The predicted molar refractivity (Wildman–Crippen MR) is 116 cm³/mol. The quantitative estimate of drug-likeness (QED) is 0.564. The number of carbonyl (C=O) groups excluding carboxylic acids is 1. The summed E-state index contributed by atoms with van der Waals surface area (Å²) in [5.74, 6) is -0.173. The van der Waals surface area contributed by atoms with Crippen molar-refractivity contribution in [2.75, 3.05) is 23.7 Å². The molecule has 0 fully saturated rings. The third kappa shape index (κ3) is 7.43. The lowest BCUT2D eigenvalue weighted by Crippen LogP contribution is -2.33. The molecule has 0 saturated carbocycles. The molecule has 0 aliphatic carbocycles. The number of hydrogen-bond acceptors (Lipinski definition) is 3. The number of benzene rings is 2. The molecule has 2 rings (SSSR count). The first-order valence-electron chi connectivity index (χ1n) is 9.55. The van der Waals surface area contributed by atoms with Crippen LogP contribution in [0.4, 0.5) is 18.9 Å². The van der Waals surface area contributed by atoms with Gasteiger partial charge in [-0.2, -0.15) is 13.2 Å². The number of rotatable bonds is 9. The van der Waals surface area contributed by atoms with Crippen molar-refractivity contribution in [1.29, 1.82) is 0 Å². The molecule has 5 nitrogen and oxygen atoms in total. The third-order valence-corrected chi connectivity index (χ3v) is 6.18. The average Bonchev–Trinajstić information content (AvgIpc) is 2.69. The lowest BCUT2D eigenvalue weighted by molar-refractivity contribution is -0.137. The molecule has 0 bridgehead atoms. The molecular weight excluding hydrogens is 453 g/mol. The van der Waals surface area contributed by atoms with Crippen molar-refractivity contribution >= 4 is 33.2 Å². The Labute approximate surface area is 185 Å². The summed E-state index contributed by atoms with van der Waals surface area (Å²) in [5, 5.41) is 2.67. The Balaban J connectivity index is 2.00. The Morgan fingerprint density at radius 2 is 1.81 bits per heavy atom. The average molecular weight is 477 g/mol. The van der Waals surface area contributed by atoms with E-state index >= 15 is 0 Å². The minimum atomic E-state index is -4.64. The number of carbonyl (C=O) groups is 1. The summed E-state index contributed by atoms with van der Waals surface area (Å²) < 4.78 is 64.2. The normalized spacial score (nSPS) is 13.0. The number of alkyl halides is 3. The van der Waals surface area contributed by atoms with Crippen molar-refractivity contribution in [2.24, 2.45) is 0 Å². The fourth-order valence-electron chi connectivity index (χ4n) is 2.98. The van der Waals surface area contributed by atoms with Crippen LogP contribution in [0.5, 0.6) is 0 Å². The van der Waals surface area contributed by atoms with Crippen LogP contribution in [-0.4, -0.2) is 33.7 Å². The van der Waals surface area contributed by atoms with E-state index in [1.807, 2.05) is 37.3 Å². The molecule has 10 heteroatoms. The van der Waals surface area contributed by atoms with E-state index in [9.17, 15) is 26.4 Å². The number of nitrogens with zero attached hydrogens (tertiary/aromatic N) is 1. The van der Waals surface area contributed by atoms with E-state index in [4.69, 9.17) is 11.6 Å². The second kappa shape index (κ2) is 10.4. The molecular formula is C21H24ClF3N2O3S. The highest BCUT2D eigenvalue weighted by Crippen LogP contribution is 2.36. The van der Waals surface area contributed by atoms with Gasteiger partial charge in [-0.15, -0.1) is 0 Å². The molecule has 0 radical (unpaired) electrons. The maximum Gasteiger partial charge on any atom is 0.416 e. The van der Waals surface area contributed by atoms with Crippen LogP contribution in [0.1, 0.15) is 36.8 Å². The van der Waals surface area contributed by atoms with Gasteiger partial charge >= 0.3 is 6.18 Å². The highest BCUT2D eigenvalue weighted by molar-refractivity contribution is 7.92. The first kappa shape index (κ1) is 25.0.